The third-order valence-corrected chi connectivity index (χ3v) is 6.15. The summed E-state index contributed by atoms with van der Waals surface area (Å²) in [6, 6.07) is 5.75. The number of phenolic OH excluding ortho intramolecular Hbond substituents is 2. The minimum atomic E-state index is -1.81. The van der Waals surface area contributed by atoms with Crippen LogP contribution in [0.2, 0.25) is 0 Å². The number of fused-ring (bicyclic) bond motifs is 2. The lowest BCUT2D eigenvalue weighted by atomic mass is 9.57. The van der Waals surface area contributed by atoms with Gasteiger partial charge in [0.05, 0.1) is 17.2 Å². The van der Waals surface area contributed by atoms with Gasteiger partial charge < -0.3 is 25.5 Å². The molecule has 2 aromatic rings. The molecule has 138 valence electrons. The van der Waals surface area contributed by atoms with Crippen LogP contribution in [-0.4, -0.2) is 49.3 Å². The average Bonchev–Trinajstić information content (AvgIpc) is 2.63. The molecule has 0 heterocycles. The largest absolute Gasteiger partial charge is 0.507 e. The summed E-state index contributed by atoms with van der Waals surface area (Å²) in [4.78, 5) is 25.0. The summed E-state index contributed by atoms with van der Waals surface area (Å²) in [6.45, 7) is 0. The number of rotatable bonds is 0. The van der Waals surface area contributed by atoms with Crippen LogP contribution in [0.15, 0.2) is 24.3 Å². The van der Waals surface area contributed by atoms with Crippen LogP contribution < -0.4 is 0 Å². The molecule has 3 aliphatic rings. The predicted octanol–water partition coefficient (Wildman–Crippen LogP) is 0.944. The Hall–Kier alpha value is -2.74. The summed E-state index contributed by atoms with van der Waals surface area (Å²) in [5, 5.41) is 53.1. The number of carbonyl (C=O) groups excluding carboxylic acids is 2. The van der Waals surface area contributed by atoms with Gasteiger partial charge in [-0.15, -0.1) is 0 Å². The number of phenols is 2. The molecule has 0 bridgehead atoms. The standard InChI is InChI=1S/C20H16O7/c21-9-4-2-8-7-1-3-10(22)14-12(7)16(18(25)19(26)17(14)24)20(27)6-5-11(23)13(9)15(8)20/h1-4,16,18-19,21-22,25-27H,5-6H2/t16-,18-,19+,20-/m0/s1. The Morgan fingerprint density at radius 1 is 0.926 bits per heavy atom. The maximum Gasteiger partial charge on any atom is 0.197 e. The zero-order chi connectivity index (χ0) is 19.2. The summed E-state index contributed by atoms with van der Waals surface area (Å²) < 4.78 is 0. The topological polar surface area (TPSA) is 135 Å². The van der Waals surface area contributed by atoms with E-state index in [1.165, 1.54) is 12.1 Å². The van der Waals surface area contributed by atoms with E-state index in [-0.39, 0.29) is 52.4 Å². The Balaban J connectivity index is 1.98. The van der Waals surface area contributed by atoms with Crippen LogP contribution in [-0.2, 0) is 5.60 Å². The number of aliphatic hydroxyl groups excluding tert-OH is 2. The second-order valence-electron chi connectivity index (χ2n) is 7.43. The number of hydrogen-bond donors (Lipinski definition) is 5. The lowest BCUT2D eigenvalue weighted by Crippen LogP contribution is -2.54. The summed E-state index contributed by atoms with van der Waals surface area (Å²) in [5.41, 5.74) is -0.494. The van der Waals surface area contributed by atoms with Gasteiger partial charge in [0.15, 0.2) is 11.6 Å². The van der Waals surface area contributed by atoms with Crippen molar-refractivity contribution in [1.82, 2.24) is 0 Å². The van der Waals surface area contributed by atoms with Crippen molar-refractivity contribution in [3.8, 4) is 22.6 Å². The molecule has 4 atom stereocenters. The molecule has 0 amide bonds. The average molecular weight is 368 g/mol. The van der Waals surface area contributed by atoms with E-state index in [1.54, 1.807) is 12.1 Å². The second kappa shape index (κ2) is 4.95. The van der Waals surface area contributed by atoms with E-state index < -0.39 is 29.5 Å². The fourth-order valence-corrected chi connectivity index (χ4v) is 5.02. The van der Waals surface area contributed by atoms with Gasteiger partial charge in [-0.05, 0) is 35.2 Å². The molecule has 7 nitrogen and oxygen atoms in total. The highest BCUT2D eigenvalue weighted by atomic mass is 16.3. The molecule has 2 aromatic carbocycles. The molecule has 0 radical (unpaired) electrons. The molecule has 27 heavy (non-hydrogen) atoms. The van der Waals surface area contributed by atoms with Gasteiger partial charge in [0.25, 0.3) is 0 Å². The fraction of sp³-hybridized carbons (Fsp3) is 0.300. The van der Waals surface area contributed by atoms with E-state index in [4.69, 9.17) is 0 Å². The molecule has 5 N–H and O–H groups in total. The molecule has 3 aliphatic carbocycles. The molecule has 0 spiro atoms. The van der Waals surface area contributed by atoms with Gasteiger partial charge >= 0.3 is 0 Å². The minimum Gasteiger partial charge on any atom is -0.507 e. The zero-order valence-electron chi connectivity index (χ0n) is 14.0. The van der Waals surface area contributed by atoms with Crippen molar-refractivity contribution < 1.29 is 35.1 Å². The number of ketones is 2. The Bertz CT molecular complexity index is 1060. The highest BCUT2D eigenvalue weighted by Gasteiger charge is 2.58. The summed E-state index contributed by atoms with van der Waals surface area (Å²) in [5.74, 6) is -2.86. The number of aromatic hydroxyl groups is 2. The zero-order valence-corrected chi connectivity index (χ0v) is 14.0. The summed E-state index contributed by atoms with van der Waals surface area (Å²) >= 11 is 0. The Labute approximate surface area is 153 Å². The van der Waals surface area contributed by atoms with Crippen molar-refractivity contribution in [3.63, 3.8) is 0 Å². The molecule has 0 saturated carbocycles. The third kappa shape index (κ3) is 1.76. The smallest absolute Gasteiger partial charge is 0.197 e. The highest BCUT2D eigenvalue weighted by molar-refractivity contribution is 6.09. The van der Waals surface area contributed by atoms with Crippen molar-refractivity contribution >= 4 is 11.6 Å². The first-order valence-electron chi connectivity index (χ1n) is 8.66. The summed E-state index contributed by atoms with van der Waals surface area (Å²) in [6.07, 6.45) is -3.52. The van der Waals surface area contributed by atoms with Gasteiger partial charge in [0.1, 0.15) is 23.2 Å². The van der Waals surface area contributed by atoms with Crippen LogP contribution in [0.5, 0.6) is 11.5 Å². The van der Waals surface area contributed by atoms with Crippen molar-refractivity contribution in [2.45, 2.75) is 36.6 Å². The number of benzene rings is 2. The molecule has 7 heteroatoms. The van der Waals surface area contributed by atoms with E-state index in [1.807, 2.05) is 0 Å². The fourth-order valence-electron chi connectivity index (χ4n) is 5.02. The third-order valence-electron chi connectivity index (χ3n) is 6.15. The first kappa shape index (κ1) is 16.4. The predicted molar refractivity (Wildman–Crippen MR) is 91.8 cm³/mol. The second-order valence-corrected chi connectivity index (χ2v) is 7.43. The molecule has 0 aliphatic heterocycles. The monoisotopic (exact) mass is 368 g/mol. The van der Waals surface area contributed by atoms with E-state index in [0.717, 1.165) is 0 Å². The van der Waals surface area contributed by atoms with Crippen LogP contribution in [0, 0.1) is 0 Å². The first-order chi connectivity index (χ1) is 12.8. The van der Waals surface area contributed by atoms with Crippen LogP contribution in [0.4, 0.5) is 0 Å². The van der Waals surface area contributed by atoms with Gasteiger partial charge in [-0.1, -0.05) is 12.1 Å². The molecule has 0 aromatic heterocycles. The van der Waals surface area contributed by atoms with E-state index in [0.29, 0.717) is 11.1 Å². The van der Waals surface area contributed by atoms with Crippen LogP contribution in [0.25, 0.3) is 11.1 Å². The number of carbonyl (C=O) groups is 2. The van der Waals surface area contributed by atoms with Crippen molar-refractivity contribution in [3.05, 3.63) is 46.5 Å². The van der Waals surface area contributed by atoms with Crippen molar-refractivity contribution in [2.24, 2.45) is 0 Å². The first-order valence-corrected chi connectivity index (χ1v) is 8.66. The Kier molecular flexibility index (Phi) is 3.01. The Morgan fingerprint density at radius 2 is 1.56 bits per heavy atom. The van der Waals surface area contributed by atoms with Gasteiger partial charge in [-0.25, -0.2) is 0 Å². The number of aliphatic hydroxyl groups is 3. The van der Waals surface area contributed by atoms with Gasteiger partial charge in [-0.3, -0.25) is 9.59 Å². The van der Waals surface area contributed by atoms with Crippen LogP contribution in [0.1, 0.15) is 50.6 Å². The molecular formula is C20H16O7. The van der Waals surface area contributed by atoms with Gasteiger partial charge in [0, 0.05) is 17.9 Å². The maximum atomic E-state index is 12.5. The molecule has 0 unspecified atom stereocenters. The van der Waals surface area contributed by atoms with E-state index >= 15 is 0 Å². The molecule has 0 fully saturated rings. The molecular weight excluding hydrogens is 352 g/mol. The Morgan fingerprint density at radius 3 is 2.26 bits per heavy atom. The molecule has 5 rings (SSSR count). The summed E-state index contributed by atoms with van der Waals surface area (Å²) in [7, 11) is 0. The molecule has 0 saturated heterocycles. The normalized spacial score (nSPS) is 30.7. The number of hydrogen-bond acceptors (Lipinski definition) is 7. The highest BCUT2D eigenvalue weighted by Crippen LogP contribution is 2.60. The quantitative estimate of drug-likeness (QED) is 0.467. The SMILES string of the molecule is O=C1CC[C@]2(O)c3c(ccc(O)c31)-c1ccc(O)c3c1[C@H]2[C@H](O)[C@H](O)C3=O. The van der Waals surface area contributed by atoms with Gasteiger partial charge in [0.2, 0.25) is 0 Å². The number of Topliss-reactive ketones (excluding diaryl/α,β-unsaturated/α-hetero) is 2. The van der Waals surface area contributed by atoms with Crippen LogP contribution >= 0.6 is 0 Å². The lowest BCUT2D eigenvalue weighted by molar-refractivity contribution is -0.0832. The lowest BCUT2D eigenvalue weighted by Gasteiger charge is -2.50. The minimum absolute atomic E-state index is 0.000106. The van der Waals surface area contributed by atoms with Crippen molar-refractivity contribution in [1.29, 1.82) is 0 Å². The van der Waals surface area contributed by atoms with E-state index in [2.05, 4.69) is 0 Å². The van der Waals surface area contributed by atoms with Crippen LogP contribution in [0.3, 0.4) is 0 Å². The van der Waals surface area contributed by atoms with E-state index in [9.17, 15) is 35.1 Å². The van der Waals surface area contributed by atoms with Gasteiger partial charge in [-0.2, -0.15) is 0 Å². The maximum absolute atomic E-state index is 12.5. The van der Waals surface area contributed by atoms with Crippen molar-refractivity contribution in [2.75, 3.05) is 0 Å².